The first-order valence-corrected chi connectivity index (χ1v) is 10.0. The van der Waals surface area contributed by atoms with E-state index in [4.69, 9.17) is 5.21 Å². The van der Waals surface area contributed by atoms with Crippen LogP contribution in [0.4, 0.5) is 11.4 Å². The maximum atomic E-state index is 12.3. The summed E-state index contributed by atoms with van der Waals surface area (Å²) < 4.78 is 54.1. The Morgan fingerprint density at radius 3 is 1.85 bits per heavy atom. The Hall–Kier alpha value is -2.67. The topological polar surface area (TPSA) is 154 Å². The predicted molar refractivity (Wildman–Crippen MR) is 94.5 cm³/mol. The summed E-state index contributed by atoms with van der Waals surface area (Å²) in [6.07, 6.45) is 0. The van der Waals surface area contributed by atoms with Gasteiger partial charge in [-0.25, -0.2) is 18.6 Å². The van der Waals surface area contributed by atoms with E-state index in [0.29, 0.717) is 0 Å². The van der Waals surface area contributed by atoms with Crippen molar-refractivity contribution in [3.8, 4) is 0 Å². The lowest BCUT2D eigenvalue weighted by Crippen LogP contribution is -2.26. The number of anilines is 2. The second-order valence-corrected chi connectivity index (χ2v) is 8.26. The van der Waals surface area contributed by atoms with Gasteiger partial charge in [0.2, 0.25) is 0 Å². The van der Waals surface area contributed by atoms with Gasteiger partial charge in [0.05, 0.1) is 4.90 Å². The number of hydrogen-bond acceptors (Lipinski definition) is 6. The van der Waals surface area contributed by atoms with Crippen molar-refractivity contribution < 1.29 is 26.8 Å². The first-order valence-electron chi connectivity index (χ1n) is 7.05. The quantitative estimate of drug-likeness (QED) is 0.336. The molecule has 0 aliphatic heterocycles. The third-order valence-electron chi connectivity index (χ3n) is 3.19. The van der Waals surface area contributed by atoms with Gasteiger partial charge in [-0.1, -0.05) is 0 Å². The molecule has 2 rings (SSSR count). The van der Waals surface area contributed by atoms with Crippen LogP contribution in [0.3, 0.4) is 0 Å². The minimum atomic E-state index is -3.91. The third-order valence-corrected chi connectivity index (χ3v) is 5.63. The molecular weight excluding hydrogens is 384 g/mol. The van der Waals surface area contributed by atoms with Gasteiger partial charge in [-0.05, 0) is 48.5 Å². The lowest BCUT2D eigenvalue weighted by Gasteiger charge is -2.10. The van der Waals surface area contributed by atoms with Crippen LogP contribution in [0.5, 0.6) is 0 Å². The molecule has 0 saturated carbocycles. The highest BCUT2D eigenvalue weighted by molar-refractivity contribution is 7.92. The average Bonchev–Trinajstić information content (AvgIpc) is 2.61. The minimum Gasteiger partial charge on any atom is -0.288 e. The molecule has 26 heavy (non-hydrogen) atoms. The summed E-state index contributed by atoms with van der Waals surface area (Å²) >= 11 is 0. The molecule has 5 N–H and O–H groups in total. The molecule has 2 aromatic rings. The van der Waals surface area contributed by atoms with E-state index in [1.54, 1.807) is 0 Å². The molecule has 140 valence electrons. The van der Waals surface area contributed by atoms with E-state index in [-0.39, 0.29) is 21.8 Å². The summed E-state index contributed by atoms with van der Waals surface area (Å²) in [4.78, 5) is 11.1. The van der Waals surface area contributed by atoms with Crippen LogP contribution in [-0.2, 0) is 20.2 Å². The van der Waals surface area contributed by atoms with E-state index in [0.717, 1.165) is 0 Å². The zero-order valence-corrected chi connectivity index (χ0v) is 15.1. The highest BCUT2D eigenvalue weighted by Crippen LogP contribution is 2.19. The number of amides is 1. The zero-order chi connectivity index (χ0) is 19.4. The van der Waals surface area contributed by atoms with Gasteiger partial charge in [0, 0.05) is 24.0 Å². The van der Waals surface area contributed by atoms with Crippen LogP contribution in [0, 0.1) is 0 Å². The fourth-order valence-corrected chi connectivity index (χ4v) is 3.48. The molecule has 0 spiro atoms. The van der Waals surface area contributed by atoms with Crippen LogP contribution < -0.4 is 19.6 Å². The number of nitrogens with one attached hydrogen (secondary N) is 4. The van der Waals surface area contributed by atoms with Crippen LogP contribution in [0.15, 0.2) is 53.4 Å². The highest BCUT2D eigenvalue weighted by Gasteiger charge is 2.15. The third kappa shape index (κ3) is 4.92. The average molecular weight is 400 g/mol. The van der Waals surface area contributed by atoms with Crippen molar-refractivity contribution in [2.45, 2.75) is 4.90 Å². The van der Waals surface area contributed by atoms with Crippen molar-refractivity contribution >= 4 is 37.5 Å². The largest absolute Gasteiger partial charge is 0.298 e. The van der Waals surface area contributed by atoms with E-state index in [9.17, 15) is 21.6 Å². The first kappa shape index (κ1) is 19.7. The smallest absolute Gasteiger partial charge is 0.288 e. The van der Waals surface area contributed by atoms with Crippen molar-refractivity contribution in [3.05, 3.63) is 54.1 Å². The molecule has 0 bridgehead atoms. The van der Waals surface area contributed by atoms with Crippen LogP contribution in [0.1, 0.15) is 10.4 Å². The Bertz CT molecular complexity index is 987. The molecular formula is C14H16N4O6S2. The van der Waals surface area contributed by atoms with Crippen molar-refractivity contribution in [3.63, 3.8) is 0 Å². The van der Waals surface area contributed by atoms with Gasteiger partial charge in [0.25, 0.3) is 26.1 Å². The minimum absolute atomic E-state index is 0.0814. The van der Waals surface area contributed by atoms with Gasteiger partial charge in [-0.15, -0.1) is 0 Å². The van der Waals surface area contributed by atoms with E-state index < -0.39 is 26.1 Å². The Morgan fingerprint density at radius 1 is 0.846 bits per heavy atom. The van der Waals surface area contributed by atoms with Crippen molar-refractivity contribution in [2.75, 3.05) is 16.5 Å². The second-order valence-electron chi connectivity index (χ2n) is 4.96. The number of hydrogen-bond donors (Lipinski definition) is 5. The zero-order valence-electron chi connectivity index (χ0n) is 13.4. The molecule has 10 nitrogen and oxygen atoms in total. The van der Waals surface area contributed by atoms with Crippen LogP contribution in [0.2, 0.25) is 0 Å². The van der Waals surface area contributed by atoms with Gasteiger partial charge in [-0.3, -0.25) is 19.4 Å². The fourth-order valence-electron chi connectivity index (χ4n) is 1.88. The molecule has 0 aromatic heterocycles. The van der Waals surface area contributed by atoms with Gasteiger partial charge < -0.3 is 0 Å². The van der Waals surface area contributed by atoms with Gasteiger partial charge in [0.15, 0.2) is 0 Å². The Morgan fingerprint density at radius 2 is 1.35 bits per heavy atom. The predicted octanol–water partition coefficient (Wildman–Crippen LogP) is 0.483. The molecule has 0 radical (unpaired) electrons. The molecule has 1 amide bonds. The summed E-state index contributed by atoms with van der Waals surface area (Å²) in [6.45, 7) is 0. The van der Waals surface area contributed by atoms with E-state index >= 15 is 0 Å². The number of rotatable bonds is 7. The van der Waals surface area contributed by atoms with Crippen LogP contribution in [0.25, 0.3) is 0 Å². The summed E-state index contributed by atoms with van der Waals surface area (Å²) in [5.74, 6) is -0.723. The Labute approximate surface area is 150 Å². The normalized spacial score (nSPS) is 11.6. The van der Waals surface area contributed by atoms with Gasteiger partial charge in [-0.2, -0.15) is 8.42 Å². The lowest BCUT2D eigenvalue weighted by molar-refractivity contribution is 0.0706. The number of hydroxylamine groups is 1. The maximum Gasteiger partial charge on any atom is 0.298 e. The summed E-state index contributed by atoms with van der Waals surface area (Å²) in [7, 11) is -6.37. The fraction of sp³-hybridized carbons (Fsp3) is 0.0714. The van der Waals surface area contributed by atoms with Gasteiger partial charge in [0.1, 0.15) is 0 Å². The summed E-state index contributed by atoms with van der Waals surface area (Å²) in [6, 6.07) is 10.5. The molecule has 0 heterocycles. The Balaban J connectivity index is 2.16. The number of carbonyl (C=O) groups excluding carboxylic acids is 1. The standard InChI is InChI=1S/C14H16N4O6S2/c1-15-26(23,24)18-12-6-8-13(9-7-12)25(21,22)17-11-4-2-10(3-5-11)14(19)16-20/h2-9,15,17-18,20H,1H3,(H,16,19). The van der Waals surface area contributed by atoms with E-state index in [1.807, 2.05) is 0 Å². The number of benzene rings is 2. The lowest BCUT2D eigenvalue weighted by atomic mass is 10.2. The molecule has 12 heteroatoms. The molecule has 0 aliphatic rings. The van der Waals surface area contributed by atoms with Gasteiger partial charge >= 0.3 is 0 Å². The van der Waals surface area contributed by atoms with E-state index in [1.165, 1.54) is 61.1 Å². The highest BCUT2D eigenvalue weighted by atomic mass is 32.2. The molecule has 0 fully saturated rings. The number of carbonyl (C=O) groups is 1. The van der Waals surface area contributed by atoms with E-state index in [2.05, 4.69) is 14.2 Å². The van der Waals surface area contributed by atoms with Crippen molar-refractivity contribution in [2.24, 2.45) is 0 Å². The number of sulfonamides is 1. The summed E-state index contributed by atoms with van der Waals surface area (Å²) in [5.41, 5.74) is 2.02. The first-order chi connectivity index (χ1) is 12.2. The second kappa shape index (κ2) is 7.70. The molecule has 2 aromatic carbocycles. The van der Waals surface area contributed by atoms with Crippen molar-refractivity contribution in [1.29, 1.82) is 0 Å². The van der Waals surface area contributed by atoms with Crippen LogP contribution >= 0.6 is 0 Å². The maximum absolute atomic E-state index is 12.3. The molecule has 0 unspecified atom stereocenters. The van der Waals surface area contributed by atoms with Crippen LogP contribution in [-0.4, -0.2) is 35.0 Å². The monoisotopic (exact) mass is 400 g/mol. The molecule has 0 aliphatic carbocycles. The summed E-state index contributed by atoms with van der Waals surface area (Å²) in [5, 5.41) is 8.54. The Kier molecular flexibility index (Phi) is 5.82. The molecule has 0 saturated heterocycles. The molecule has 0 atom stereocenters. The van der Waals surface area contributed by atoms with Crippen molar-refractivity contribution in [1.82, 2.24) is 10.2 Å². The SMILES string of the molecule is CNS(=O)(=O)Nc1ccc(S(=O)(=O)Nc2ccc(C(=O)NO)cc2)cc1.